The van der Waals surface area contributed by atoms with Crippen molar-refractivity contribution in [2.45, 2.75) is 57.5 Å². The number of nitrogens with zero attached hydrogens (tertiary/aromatic N) is 2. The molecule has 0 radical (unpaired) electrons. The molecule has 4 nitrogen and oxygen atoms in total. The van der Waals surface area contributed by atoms with Crippen molar-refractivity contribution < 1.29 is 9.53 Å². The predicted molar refractivity (Wildman–Crippen MR) is 101 cm³/mol. The normalized spacial score (nSPS) is 18.4. The number of hydrogen-bond donors (Lipinski definition) is 0. The maximum Gasteiger partial charge on any atom is 0.236 e. The summed E-state index contributed by atoms with van der Waals surface area (Å²) in [4.78, 5) is 17.2. The first kappa shape index (κ1) is 18.2. The topological polar surface area (TPSA) is 32.8 Å². The average molecular weight is 344 g/mol. The van der Waals surface area contributed by atoms with E-state index in [-0.39, 0.29) is 5.91 Å². The van der Waals surface area contributed by atoms with E-state index in [0.717, 1.165) is 23.8 Å². The van der Waals surface area contributed by atoms with Crippen LogP contribution in [0.4, 0.5) is 0 Å². The Morgan fingerprint density at radius 2 is 1.84 bits per heavy atom. The van der Waals surface area contributed by atoms with Crippen molar-refractivity contribution in [3.05, 3.63) is 29.8 Å². The van der Waals surface area contributed by atoms with E-state index in [1.54, 1.807) is 7.11 Å². The Hall–Kier alpha value is -1.55. The molecule has 2 aliphatic carbocycles. The molecule has 4 heteroatoms. The maximum atomic E-state index is 12.8. The lowest BCUT2D eigenvalue weighted by Gasteiger charge is -2.35. The van der Waals surface area contributed by atoms with Crippen LogP contribution in [-0.4, -0.2) is 49.0 Å². The van der Waals surface area contributed by atoms with Crippen molar-refractivity contribution in [2.24, 2.45) is 5.92 Å². The van der Waals surface area contributed by atoms with Crippen molar-refractivity contribution in [3.8, 4) is 5.75 Å². The lowest BCUT2D eigenvalue weighted by atomic mass is 9.94. The second-order valence-electron chi connectivity index (χ2n) is 7.73. The summed E-state index contributed by atoms with van der Waals surface area (Å²) in [6.07, 6.45) is 9.19. The summed E-state index contributed by atoms with van der Waals surface area (Å²) >= 11 is 0. The van der Waals surface area contributed by atoms with Gasteiger partial charge in [-0.05, 0) is 37.7 Å². The van der Waals surface area contributed by atoms with Crippen LogP contribution in [0, 0.1) is 5.92 Å². The zero-order valence-electron chi connectivity index (χ0n) is 15.7. The smallest absolute Gasteiger partial charge is 0.236 e. The first-order valence-corrected chi connectivity index (χ1v) is 9.77. The zero-order chi connectivity index (χ0) is 17.6. The van der Waals surface area contributed by atoms with Gasteiger partial charge in [-0.3, -0.25) is 9.69 Å². The van der Waals surface area contributed by atoms with Gasteiger partial charge in [-0.25, -0.2) is 0 Å². The van der Waals surface area contributed by atoms with Crippen molar-refractivity contribution in [3.63, 3.8) is 0 Å². The number of para-hydroxylation sites is 1. The van der Waals surface area contributed by atoms with Gasteiger partial charge < -0.3 is 9.64 Å². The molecule has 0 N–H and O–H groups in total. The van der Waals surface area contributed by atoms with Crippen LogP contribution in [0.25, 0.3) is 0 Å². The Labute approximate surface area is 152 Å². The highest BCUT2D eigenvalue weighted by Crippen LogP contribution is 2.32. The van der Waals surface area contributed by atoms with E-state index >= 15 is 0 Å². The SMILES string of the molecule is COc1ccccc1CN(C)C(=O)CN(CC1CC1)C1CCCCC1. The maximum absolute atomic E-state index is 12.8. The van der Waals surface area contributed by atoms with Crippen LogP contribution in [0.3, 0.4) is 0 Å². The molecule has 0 heterocycles. The van der Waals surface area contributed by atoms with Gasteiger partial charge in [0.05, 0.1) is 13.7 Å². The minimum absolute atomic E-state index is 0.220. The number of amides is 1. The van der Waals surface area contributed by atoms with E-state index in [4.69, 9.17) is 4.74 Å². The van der Waals surface area contributed by atoms with Gasteiger partial charge in [0.2, 0.25) is 5.91 Å². The molecule has 1 aromatic rings. The van der Waals surface area contributed by atoms with Gasteiger partial charge in [0.15, 0.2) is 0 Å². The number of hydrogen-bond acceptors (Lipinski definition) is 3. The van der Waals surface area contributed by atoms with Crippen molar-refractivity contribution in [1.82, 2.24) is 9.80 Å². The van der Waals surface area contributed by atoms with Crippen molar-refractivity contribution in [1.29, 1.82) is 0 Å². The van der Waals surface area contributed by atoms with Crippen LogP contribution < -0.4 is 4.74 Å². The Morgan fingerprint density at radius 3 is 2.52 bits per heavy atom. The Balaban J connectivity index is 1.59. The second kappa shape index (κ2) is 8.70. The number of benzene rings is 1. The highest BCUT2D eigenvalue weighted by molar-refractivity contribution is 5.78. The van der Waals surface area contributed by atoms with E-state index < -0.39 is 0 Å². The van der Waals surface area contributed by atoms with Crippen LogP contribution in [0.2, 0.25) is 0 Å². The standard InChI is InChI=1S/C21H32N2O2/c1-22(15-18-8-6-7-11-20(18)25-2)21(24)16-23(14-17-12-13-17)19-9-4-3-5-10-19/h6-8,11,17,19H,3-5,9-10,12-16H2,1-2H3. The quantitative estimate of drug-likeness (QED) is 0.721. The van der Waals surface area contributed by atoms with E-state index in [1.807, 2.05) is 36.2 Å². The number of methoxy groups -OCH3 is 1. The summed E-state index contributed by atoms with van der Waals surface area (Å²) < 4.78 is 5.41. The summed E-state index contributed by atoms with van der Waals surface area (Å²) in [5, 5.41) is 0. The average Bonchev–Trinajstić information content (AvgIpc) is 3.46. The van der Waals surface area contributed by atoms with Gasteiger partial charge in [-0.15, -0.1) is 0 Å². The molecule has 3 rings (SSSR count). The molecule has 0 aromatic heterocycles. The first-order chi connectivity index (χ1) is 12.2. The van der Waals surface area contributed by atoms with Crippen LogP contribution in [-0.2, 0) is 11.3 Å². The molecule has 0 spiro atoms. The molecule has 0 saturated heterocycles. The molecule has 2 saturated carbocycles. The number of likely N-dealkylation sites (N-methyl/N-ethyl adjacent to an activating group) is 1. The lowest BCUT2D eigenvalue weighted by Crippen LogP contribution is -2.45. The first-order valence-electron chi connectivity index (χ1n) is 9.77. The minimum Gasteiger partial charge on any atom is -0.496 e. The molecule has 2 aliphatic rings. The molecule has 25 heavy (non-hydrogen) atoms. The molecular weight excluding hydrogens is 312 g/mol. The molecule has 0 aliphatic heterocycles. The van der Waals surface area contributed by atoms with Crippen LogP contribution in [0.5, 0.6) is 5.75 Å². The van der Waals surface area contributed by atoms with E-state index in [9.17, 15) is 4.79 Å². The van der Waals surface area contributed by atoms with Gasteiger partial charge in [0, 0.05) is 31.7 Å². The largest absolute Gasteiger partial charge is 0.496 e. The molecule has 0 unspecified atom stereocenters. The highest BCUT2D eigenvalue weighted by Gasteiger charge is 2.30. The third-order valence-electron chi connectivity index (χ3n) is 5.64. The fourth-order valence-corrected chi connectivity index (χ4v) is 3.89. The number of rotatable bonds is 8. The monoisotopic (exact) mass is 344 g/mol. The van der Waals surface area contributed by atoms with Crippen molar-refractivity contribution >= 4 is 5.91 Å². The van der Waals surface area contributed by atoms with Gasteiger partial charge >= 0.3 is 0 Å². The minimum atomic E-state index is 0.220. The van der Waals surface area contributed by atoms with Gasteiger partial charge in [0.1, 0.15) is 5.75 Å². The van der Waals surface area contributed by atoms with E-state index in [2.05, 4.69) is 4.90 Å². The van der Waals surface area contributed by atoms with Gasteiger partial charge in [-0.2, -0.15) is 0 Å². The highest BCUT2D eigenvalue weighted by atomic mass is 16.5. The summed E-state index contributed by atoms with van der Waals surface area (Å²) in [6, 6.07) is 8.56. The molecule has 0 bridgehead atoms. The molecule has 2 fully saturated rings. The summed E-state index contributed by atoms with van der Waals surface area (Å²) in [7, 11) is 3.59. The van der Waals surface area contributed by atoms with Crippen LogP contribution in [0.1, 0.15) is 50.5 Å². The Morgan fingerprint density at radius 1 is 1.12 bits per heavy atom. The second-order valence-corrected chi connectivity index (χ2v) is 7.73. The zero-order valence-corrected chi connectivity index (χ0v) is 15.7. The van der Waals surface area contributed by atoms with Crippen molar-refractivity contribution in [2.75, 3.05) is 27.2 Å². The molecule has 0 atom stereocenters. The van der Waals surface area contributed by atoms with Gasteiger partial charge in [-0.1, -0.05) is 37.5 Å². The number of carbonyl (C=O) groups excluding carboxylic acids is 1. The Bertz CT molecular complexity index is 565. The summed E-state index contributed by atoms with van der Waals surface area (Å²) in [5.74, 6) is 1.90. The number of ether oxygens (including phenoxy) is 1. The fraction of sp³-hybridized carbons (Fsp3) is 0.667. The summed E-state index contributed by atoms with van der Waals surface area (Å²) in [5.41, 5.74) is 1.06. The molecule has 1 aromatic carbocycles. The lowest BCUT2D eigenvalue weighted by molar-refractivity contribution is -0.132. The van der Waals surface area contributed by atoms with Crippen LogP contribution in [0.15, 0.2) is 24.3 Å². The van der Waals surface area contributed by atoms with E-state index in [1.165, 1.54) is 44.9 Å². The third kappa shape index (κ3) is 5.21. The molecular formula is C21H32N2O2. The Kier molecular flexibility index (Phi) is 6.35. The van der Waals surface area contributed by atoms with E-state index in [0.29, 0.717) is 19.1 Å². The third-order valence-corrected chi connectivity index (χ3v) is 5.64. The molecule has 138 valence electrons. The summed E-state index contributed by atoms with van der Waals surface area (Å²) in [6.45, 7) is 2.27. The van der Waals surface area contributed by atoms with Gasteiger partial charge in [0.25, 0.3) is 0 Å². The fourth-order valence-electron chi connectivity index (χ4n) is 3.89. The van der Waals surface area contributed by atoms with Crippen LogP contribution >= 0.6 is 0 Å². The molecule has 1 amide bonds. The number of carbonyl (C=O) groups is 1. The predicted octanol–water partition coefficient (Wildman–Crippen LogP) is 3.70.